The van der Waals surface area contributed by atoms with Crippen LogP contribution in [-0.4, -0.2) is 46.4 Å². The molecule has 1 aliphatic rings. The van der Waals surface area contributed by atoms with Crippen LogP contribution in [0, 0.1) is 19.3 Å². The average Bonchev–Trinajstić information content (AvgIpc) is 2.72. The Labute approximate surface area is 172 Å². The fraction of sp³-hybridized carbons (Fsp3) is 0.478. The minimum atomic E-state index is -0.684. The molecule has 0 aliphatic carbocycles. The van der Waals surface area contributed by atoms with Gasteiger partial charge in [0.15, 0.2) is 0 Å². The number of carbonyl (C=O) groups is 2. The maximum atomic E-state index is 13.1. The number of likely N-dealkylation sites (tertiary alicyclic amines) is 1. The van der Waals surface area contributed by atoms with E-state index in [2.05, 4.69) is 22.1 Å². The summed E-state index contributed by atoms with van der Waals surface area (Å²) in [7, 11) is 0. The summed E-state index contributed by atoms with van der Waals surface area (Å²) in [5, 5.41) is 0. The fourth-order valence-electron chi connectivity index (χ4n) is 4.08. The van der Waals surface area contributed by atoms with Crippen LogP contribution >= 0.6 is 0 Å². The third-order valence-electron chi connectivity index (χ3n) is 5.49. The lowest BCUT2D eigenvalue weighted by Gasteiger charge is -2.41. The van der Waals surface area contributed by atoms with Crippen LogP contribution in [0.25, 0.3) is 0 Å². The number of aromatic nitrogens is 2. The van der Waals surface area contributed by atoms with Gasteiger partial charge in [-0.2, -0.15) is 0 Å². The standard InChI is InChI=1S/C23H29N3O3/c1-4-29-22(28)23(13-11-19-9-6-5-7-10-19)12-8-14-26(16-23)21(27)20-15-17(2)24-18(3)25-20/h5-7,9-10,15H,4,8,11-14,16H2,1-3H3/t23-/m1/s1. The van der Waals surface area contributed by atoms with Crippen molar-refractivity contribution in [2.45, 2.75) is 46.5 Å². The van der Waals surface area contributed by atoms with E-state index in [-0.39, 0.29) is 11.9 Å². The molecule has 2 heterocycles. The van der Waals surface area contributed by atoms with E-state index >= 15 is 0 Å². The quantitative estimate of drug-likeness (QED) is 0.700. The molecule has 1 amide bonds. The predicted octanol–water partition coefficient (Wildman–Crippen LogP) is 3.51. The molecular formula is C23H29N3O3. The first kappa shape index (κ1) is 21.0. The Morgan fingerprint density at radius 3 is 2.62 bits per heavy atom. The van der Waals surface area contributed by atoms with E-state index in [0.29, 0.717) is 37.6 Å². The van der Waals surface area contributed by atoms with Crippen molar-refractivity contribution < 1.29 is 14.3 Å². The lowest BCUT2D eigenvalue weighted by atomic mass is 9.75. The van der Waals surface area contributed by atoms with Crippen molar-refractivity contribution in [1.82, 2.24) is 14.9 Å². The van der Waals surface area contributed by atoms with Gasteiger partial charge in [-0.05, 0) is 58.1 Å². The molecule has 29 heavy (non-hydrogen) atoms. The van der Waals surface area contributed by atoms with Crippen LogP contribution < -0.4 is 0 Å². The van der Waals surface area contributed by atoms with Crippen molar-refractivity contribution in [3.05, 3.63) is 59.2 Å². The number of hydrogen-bond donors (Lipinski definition) is 0. The number of esters is 1. The number of nitrogens with zero attached hydrogens (tertiary/aromatic N) is 3. The molecule has 3 rings (SSSR count). The van der Waals surface area contributed by atoms with E-state index in [0.717, 1.165) is 25.0 Å². The second-order valence-corrected chi connectivity index (χ2v) is 7.76. The molecule has 0 radical (unpaired) electrons. The topological polar surface area (TPSA) is 72.4 Å². The molecule has 154 valence electrons. The van der Waals surface area contributed by atoms with Crippen molar-refractivity contribution in [2.24, 2.45) is 5.41 Å². The van der Waals surface area contributed by atoms with Crippen LogP contribution in [0.3, 0.4) is 0 Å². The third-order valence-corrected chi connectivity index (χ3v) is 5.49. The summed E-state index contributed by atoms with van der Waals surface area (Å²) in [4.78, 5) is 36.4. The summed E-state index contributed by atoms with van der Waals surface area (Å²) in [5.41, 5.74) is 1.65. The van der Waals surface area contributed by atoms with Crippen LogP contribution in [0.4, 0.5) is 0 Å². The van der Waals surface area contributed by atoms with Crippen LogP contribution in [0.15, 0.2) is 36.4 Å². The number of amides is 1. The summed E-state index contributed by atoms with van der Waals surface area (Å²) in [6, 6.07) is 11.8. The largest absolute Gasteiger partial charge is 0.466 e. The first-order chi connectivity index (χ1) is 13.9. The van der Waals surface area contributed by atoms with Crippen molar-refractivity contribution in [1.29, 1.82) is 0 Å². The summed E-state index contributed by atoms with van der Waals surface area (Å²) >= 11 is 0. The van der Waals surface area contributed by atoms with Crippen molar-refractivity contribution in [2.75, 3.05) is 19.7 Å². The first-order valence-corrected chi connectivity index (χ1v) is 10.3. The zero-order valence-electron chi connectivity index (χ0n) is 17.5. The van der Waals surface area contributed by atoms with Gasteiger partial charge in [0.25, 0.3) is 5.91 Å². The summed E-state index contributed by atoms with van der Waals surface area (Å²) < 4.78 is 5.44. The number of carbonyl (C=O) groups excluding carboxylic acids is 2. The lowest BCUT2D eigenvalue weighted by Crippen LogP contribution is -2.51. The van der Waals surface area contributed by atoms with E-state index in [9.17, 15) is 9.59 Å². The first-order valence-electron chi connectivity index (χ1n) is 10.3. The highest BCUT2D eigenvalue weighted by atomic mass is 16.5. The molecule has 2 aromatic rings. The van der Waals surface area contributed by atoms with Crippen LogP contribution in [0.2, 0.25) is 0 Å². The highest BCUT2D eigenvalue weighted by Crippen LogP contribution is 2.36. The van der Waals surface area contributed by atoms with E-state index in [1.54, 1.807) is 17.9 Å². The monoisotopic (exact) mass is 395 g/mol. The molecular weight excluding hydrogens is 366 g/mol. The van der Waals surface area contributed by atoms with Crippen molar-refractivity contribution >= 4 is 11.9 Å². The molecule has 1 aromatic carbocycles. The second kappa shape index (κ2) is 9.16. The van der Waals surface area contributed by atoms with Gasteiger partial charge in [-0.3, -0.25) is 9.59 Å². The molecule has 1 atom stereocenters. The van der Waals surface area contributed by atoms with Gasteiger partial charge in [-0.1, -0.05) is 30.3 Å². The fourth-order valence-corrected chi connectivity index (χ4v) is 4.08. The van der Waals surface area contributed by atoms with Gasteiger partial charge in [-0.25, -0.2) is 9.97 Å². The van der Waals surface area contributed by atoms with E-state index in [1.165, 1.54) is 5.56 Å². The summed E-state index contributed by atoms with van der Waals surface area (Å²) in [5.74, 6) is 0.223. The molecule has 1 aliphatic heterocycles. The number of benzene rings is 1. The molecule has 0 spiro atoms. The van der Waals surface area contributed by atoms with Crippen molar-refractivity contribution in [3.63, 3.8) is 0 Å². The van der Waals surface area contributed by atoms with Gasteiger partial charge < -0.3 is 9.64 Å². The highest BCUT2D eigenvalue weighted by molar-refractivity contribution is 5.93. The van der Waals surface area contributed by atoms with Gasteiger partial charge in [0, 0.05) is 18.8 Å². The summed E-state index contributed by atoms with van der Waals surface area (Å²) in [6.45, 7) is 6.77. The third kappa shape index (κ3) is 5.00. The summed E-state index contributed by atoms with van der Waals surface area (Å²) in [6.07, 6.45) is 2.92. The van der Waals surface area contributed by atoms with Gasteiger partial charge in [0.2, 0.25) is 0 Å². The Kier molecular flexibility index (Phi) is 6.62. The van der Waals surface area contributed by atoms with Gasteiger partial charge in [0.05, 0.1) is 12.0 Å². The van der Waals surface area contributed by atoms with Crippen LogP contribution in [-0.2, 0) is 16.0 Å². The number of piperidine rings is 1. The molecule has 6 heteroatoms. The number of aryl methyl sites for hydroxylation is 3. The van der Waals surface area contributed by atoms with Crippen LogP contribution in [0.5, 0.6) is 0 Å². The van der Waals surface area contributed by atoms with Gasteiger partial charge in [-0.15, -0.1) is 0 Å². The Hall–Kier alpha value is -2.76. The molecule has 0 bridgehead atoms. The van der Waals surface area contributed by atoms with E-state index < -0.39 is 5.41 Å². The maximum absolute atomic E-state index is 13.1. The van der Waals surface area contributed by atoms with Gasteiger partial charge in [0.1, 0.15) is 11.5 Å². The minimum absolute atomic E-state index is 0.147. The Balaban J connectivity index is 1.82. The molecule has 0 unspecified atom stereocenters. The maximum Gasteiger partial charge on any atom is 0.313 e. The minimum Gasteiger partial charge on any atom is -0.466 e. The van der Waals surface area contributed by atoms with Crippen molar-refractivity contribution in [3.8, 4) is 0 Å². The molecule has 0 N–H and O–H groups in total. The Morgan fingerprint density at radius 1 is 1.17 bits per heavy atom. The molecule has 6 nitrogen and oxygen atoms in total. The average molecular weight is 396 g/mol. The smallest absolute Gasteiger partial charge is 0.313 e. The normalized spacial score (nSPS) is 19.1. The predicted molar refractivity (Wildman–Crippen MR) is 110 cm³/mol. The molecule has 1 fully saturated rings. The second-order valence-electron chi connectivity index (χ2n) is 7.76. The molecule has 1 saturated heterocycles. The SMILES string of the molecule is CCOC(=O)[C@@]1(CCc2ccccc2)CCCN(C(=O)c2cc(C)nc(C)n2)C1. The highest BCUT2D eigenvalue weighted by Gasteiger charge is 2.44. The zero-order chi connectivity index (χ0) is 20.9. The number of hydrogen-bond acceptors (Lipinski definition) is 5. The van der Waals surface area contributed by atoms with Crippen LogP contribution in [0.1, 0.15) is 53.8 Å². The Bertz CT molecular complexity index is 849. The van der Waals surface area contributed by atoms with Gasteiger partial charge >= 0.3 is 5.97 Å². The van der Waals surface area contributed by atoms with E-state index in [4.69, 9.17) is 4.74 Å². The van der Waals surface area contributed by atoms with E-state index in [1.807, 2.05) is 32.0 Å². The zero-order valence-corrected chi connectivity index (χ0v) is 17.5. The number of rotatable bonds is 6. The molecule has 1 aromatic heterocycles. The lowest BCUT2D eigenvalue weighted by molar-refractivity contribution is -0.159. The molecule has 0 saturated carbocycles. The Morgan fingerprint density at radius 2 is 1.93 bits per heavy atom. The number of ether oxygens (including phenoxy) is 1.